The third kappa shape index (κ3) is 3.30. The van der Waals surface area contributed by atoms with Crippen molar-refractivity contribution >= 4 is 17.5 Å². The fraction of sp³-hybridized carbons (Fsp3) is 0.412. The summed E-state index contributed by atoms with van der Waals surface area (Å²) in [5.74, 6) is -0.507. The Morgan fingerprint density at radius 3 is 2.58 bits per heavy atom. The summed E-state index contributed by atoms with van der Waals surface area (Å²) in [6, 6.07) is 5.00. The summed E-state index contributed by atoms with van der Waals surface area (Å²) in [6.45, 7) is 5.19. The maximum Gasteiger partial charge on any atom is 0.352 e. The van der Waals surface area contributed by atoms with Crippen molar-refractivity contribution in [3.05, 3.63) is 55.3 Å². The Hall–Kier alpha value is -2.45. The van der Waals surface area contributed by atoms with Gasteiger partial charge in [0.25, 0.3) is 11.5 Å². The number of hydrogen-bond donors (Lipinski definition) is 0. The van der Waals surface area contributed by atoms with Gasteiger partial charge in [-0.2, -0.15) is 9.78 Å². The Kier molecular flexibility index (Phi) is 5.24. The van der Waals surface area contributed by atoms with Gasteiger partial charge in [-0.25, -0.2) is 4.79 Å². The normalized spacial score (nSPS) is 14.5. The Bertz CT molecular complexity index is 960. The van der Waals surface area contributed by atoms with Gasteiger partial charge in [-0.05, 0) is 31.5 Å². The number of aryl methyl sites for hydroxylation is 1. The van der Waals surface area contributed by atoms with Crippen molar-refractivity contribution < 1.29 is 9.53 Å². The first-order valence-corrected chi connectivity index (χ1v) is 8.69. The summed E-state index contributed by atoms with van der Waals surface area (Å²) < 4.78 is 7.27. The van der Waals surface area contributed by atoms with Crippen LogP contribution in [0.25, 0.3) is 5.69 Å². The lowest BCUT2D eigenvalue weighted by atomic mass is 10.2. The van der Waals surface area contributed by atoms with E-state index in [-0.39, 0.29) is 12.2 Å². The first-order valence-electron chi connectivity index (χ1n) is 8.31. The molecule has 0 unspecified atom stereocenters. The van der Waals surface area contributed by atoms with Crippen molar-refractivity contribution in [3.8, 4) is 5.69 Å². The van der Waals surface area contributed by atoms with Crippen LogP contribution >= 0.6 is 11.6 Å². The van der Waals surface area contributed by atoms with Crippen LogP contribution in [-0.4, -0.2) is 51.5 Å². The number of halogens is 1. The second kappa shape index (κ2) is 7.43. The molecule has 3 rings (SSSR count). The molecule has 9 heteroatoms. The van der Waals surface area contributed by atoms with Gasteiger partial charge in [0.15, 0.2) is 0 Å². The Morgan fingerprint density at radius 1 is 1.27 bits per heavy atom. The van der Waals surface area contributed by atoms with Crippen molar-refractivity contribution in [2.75, 3.05) is 26.3 Å². The number of carbonyl (C=O) groups is 1. The molecule has 0 N–H and O–H groups in total. The number of rotatable bonds is 3. The van der Waals surface area contributed by atoms with Crippen molar-refractivity contribution in [1.82, 2.24) is 19.2 Å². The lowest BCUT2D eigenvalue weighted by Gasteiger charge is -2.26. The molecule has 1 aromatic heterocycles. The first kappa shape index (κ1) is 18.3. The van der Waals surface area contributed by atoms with Crippen LogP contribution in [0, 0.1) is 6.92 Å². The van der Waals surface area contributed by atoms with E-state index in [0.717, 1.165) is 14.8 Å². The van der Waals surface area contributed by atoms with Gasteiger partial charge in [0.1, 0.15) is 0 Å². The number of carbonyl (C=O) groups excluding carboxylic acids is 1. The lowest BCUT2D eigenvalue weighted by molar-refractivity contribution is 0.0295. The SMILES string of the molecule is CCn1c(=O)c(C(=O)N2CCOCC2)nn(-c2ccc(C)c(Cl)c2)c1=O. The van der Waals surface area contributed by atoms with E-state index in [4.69, 9.17) is 16.3 Å². The molecule has 1 aliphatic heterocycles. The maximum absolute atomic E-state index is 12.8. The molecule has 26 heavy (non-hydrogen) atoms. The third-order valence-corrected chi connectivity index (χ3v) is 4.68. The quantitative estimate of drug-likeness (QED) is 0.790. The zero-order chi connectivity index (χ0) is 18.8. The Balaban J connectivity index is 2.16. The van der Waals surface area contributed by atoms with E-state index < -0.39 is 17.2 Å². The minimum Gasteiger partial charge on any atom is -0.378 e. The number of nitrogens with zero attached hydrogens (tertiary/aromatic N) is 4. The topological polar surface area (TPSA) is 86.4 Å². The second-order valence-corrected chi connectivity index (χ2v) is 6.34. The molecule has 2 heterocycles. The molecular formula is C17H19ClN4O4. The minimum absolute atomic E-state index is 0.128. The average Bonchev–Trinajstić information content (AvgIpc) is 2.65. The molecule has 8 nitrogen and oxygen atoms in total. The van der Waals surface area contributed by atoms with Crippen LogP contribution in [0.1, 0.15) is 23.0 Å². The van der Waals surface area contributed by atoms with Crippen molar-refractivity contribution in [2.24, 2.45) is 0 Å². The highest BCUT2D eigenvalue weighted by Crippen LogP contribution is 2.18. The summed E-state index contributed by atoms with van der Waals surface area (Å²) in [4.78, 5) is 39.5. The van der Waals surface area contributed by atoms with Gasteiger partial charge in [0.2, 0.25) is 5.69 Å². The van der Waals surface area contributed by atoms with E-state index in [1.54, 1.807) is 25.1 Å². The van der Waals surface area contributed by atoms with Crippen molar-refractivity contribution in [3.63, 3.8) is 0 Å². The van der Waals surface area contributed by atoms with Gasteiger partial charge in [-0.1, -0.05) is 17.7 Å². The van der Waals surface area contributed by atoms with Crippen LogP contribution in [0.3, 0.4) is 0 Å². The second-order valence-electron chi connectivity index (χ2n) is 5.93. The molecule has 0 radical (unpaired) electrons. The summed E-state index contributed by atoms with van der Waals surface area (Å²) >= 11 is 6.14. The molecule has 1 fully saturated rings. The van der Waals surface area contributed by atoms with Gasteiger partial charge in [-0.3, -0.25) is 14.2 Å². The smallest absolute Gasteiger partial charge is 0.352 e. The van der Waals surface area contributed by atoms with Crippen LogP contribution in [0.2, 0.25) is 5.02 Å². The van der Waals surface area contributed by atoms with Gasteiger partial charge < -0.3 is 9.64 Å². The van der Waals surface area contributed by atoms with Crippen LogP contribution in [-0.2, 0) is 11.3 Å². The molecule has 0 spiro atoms. The molecule has 1 aliphatic rings. The van der Waals surface area contributed by atoms with Gasteiger partial charge in [-0.15, -0.1) is 0 Å². The molecule has 1 amide bonds. The molecular weight excluding hydrogens is 360 g/mol. The van der Waals surface area contributed by atoms with Gasteiger partial charge in [0.05, 0.1) is 18.9 Å². The number of benzene rings is 1. The highest BCUT2D eigenvalue weighted by Gasteiger charge is 2.25. The molecule has 1 saturated heterocycles. The van der Waals surface area contributed by atoms with Crippen molar-refractivity contribution in [2.45, 2.75) is 20.4 Å². The van der Waals surface area contributed by atoms with Gasteiger partial charge >= 0.3 is 5.69 Å². The minimum atomic E-state index is -0.691. The molecule has 0 saturated carbocycles. The number of hydrogen-bond acceptors (Lipinski definition) is 5. The van der Waals surface area contributed by atoms with Crippen molar-refractivity contribution in [1.29, 1.82) is 0 Å². The number of amides is 1. The van der Waals surface area contributed by atoms with Crippen LogP contribution in [0.5, 0.6) is 0 Å². The highest BCUT2D eigenvalue weighted by atomic mass is 35.5. The van der Waals surface area contributed by atoms with E-state index in [0.29, 0.717) is 37.0 Å². The summed E-state index contributed by atoms with van der Waals surface area (Å²) in [5.41, 5.74) is -0.356. The van der Waals surface area contributed by atoms with Crippen LogP contribution in [0.4, 0.5) is 0 Å². The molecule has 0 aliphatic carbocycles. The van der Waals surface area contributed by atoms with Gasteiger partial charge in [0, 0.05) is 24.7 Å². The first-order chi connectivity index (χ1) is 12.4. The van der Waals surface area contributed by atoms with Crippen LogP contribution < -0.4 is 11.2 Å². The fourth-order valence-corrected chi connectivity index (χ4v) is 2.90. The lowest BCUT2D eigenvalue weighted by Crippen LogP contribution is -2.48. The zero-order valence-corrected chi connectivity index (χ0v) is 15.3. The summed E-state index contributed by atoms with van der Waals surface area (Å²) in [7, 11) is 0. The van der Waals surface area contributed by atoms with E-state index in [1.807, 2.05) is 6.92 Å². The highest BCUT2D eigenvalue weighted by molar-refractivity contribution is 6.31. The molecule has 0 atom stereocenters. The average molecular weight is 379 g/mol. The number of morpholine rings is 1. The van der Waals surface area contributed by atoms with E-state index in [2.05, 4.69) is 5.10 Å². The molecule has 0 bridgehead atoms. The fourth-order valence-electron chi connectivity index (χ4n) is 2.73. The molecule has 2 aromatic rings. The maximum atomic E-state index is 12.8. The Labute approximate surface area is 154 Å². The van der Waals surface area contributed by atoms with E-state index in [1.165, 1.54) is 4.90 Å². The van der Waals surface area contributed by atoms with Crippen LogP contribution in [0.15, 0.2) is 27.8 Å². The number of ether oxygens (including phenoxy) is 1. The zero-order valence-electron chi connectivity index (χ0n) is 14.6. The third-order valence-electron chi connectivity index (χ3n) is 4.28. The summed E-state index contributed by atoms with van der Waals surface area (Å²) in [5, 5.41) is 4.54. The standard InChI is InChI=1S/C17H19ClN4O4/c1-3-21-16(24)14(15(23)20-6-8-26-9-7-20)19-22(17(21)25)12-5-4-11(2)13(18)10-12/h4-5,10H,3,6-9H2,1-2H3. The molecule has 1 aromatic carbocycles. The molecule has 138 valence electrons. The largest absolute Gasteiger partial charge is 0.378 e. The predicted molar refractivity (Wildman–Crippen MR) is 96.2 cm³/mol. The van der Waals surface area contributed by atoms with E-state index >= 15 is 0 Å². The summed E-state index contributed by atoms with van der Waals surface area (Å²) in [6.07, 6.45) is 0. The number of aromatic nitrogens is 3. The van der Waals surface area contributed by atoms with E-state index in [9.17, 15) is 14.4 Å². The monoisotopic (exact) mass is 378 g/mol. The predicted octanol–water partition coefficient (Wildman–Crippen LogP) is 0.848. The Morgan fingerprint density at radius 2 is 1.96 bits per heavy atom.